The van der Waals surface area contributed by atoms with E-state index in [2.05, 4.69) is 25.9 Å². The van der Waals surface area contributed by atoms with Crippen LogP contribution in [0.4, 0.5) is 11.4 Å². The van der Waals surface area contributed by atoms with Gasteiger partial charge in [-0.15, -0.1) is 5.10 Å². The molecule has 0 atom stereocenters. The number of pyridine rings is 1. The van der Waals surface area contributed by atoms with Crippen LogP contribution in [-0.4, -0.2) is 36.1 Å². The van der Waals surface area contributed by atoms with Crippen molar-refractivity contribution in [2.24, 2.45) is 0 Å². The summed E-state index contributed by atoms with van der Waals surface area (Å²) in [6.45, 7) is 1.11. The Kier molecular flexibility index (Phi) is 5.63. The van der Waals surface area contributed by atoms with Gasteiger partial charge in [0.2, 0.25) is 17.6 Å². The fourth-order valence-corrected chi connectivity index (χ4v) is 3.52. The monoisotopic (exact) mass is 469 g/mol. The number of rotatable bonds is 6. The summed E-state index contributed by atoms with van der Waals surface area (Å²) in [5, 5.41) is 13.7. The Bertz CT molecular complexity index is 1580. The van der Waals surface area contributed by atoms with Crippen LogP contribution in [0.3, 0.4) is 0 Å². The lowest BCUT2D eigenvalue weighted by Crippen LogP contribution is -2.28. The molecule has 0 radical (unpaired) electrons. The van der Waals surface area contributed by atoms with Gasteiger partial charge in [0.25, 0.3) is 5.89 Å². The lowest BCUT2D eigenvalue weighted by atomic mass is 10.2. The second kappa shape index (κ2) is 9.06. The van der Waals surface area contributed by atoms with Crippen molar-refractivity contribution in [3.63, 3.8) is 0 Å². The summed E-state index contributed by atoms with van der Waals surface area (Å²) in [6.07, 6.45) is 1.55. The molecule has 2 amide bonds. The van der Waals surface area contributed by atoms with E-state index in [0.29, 0.717) is 22.8 Å². The predicted octanol–water partition coefficient (Wildman–Crippen LogP) is 2.81. The van der Waals surface area contributed by atoms with Crippen molar-refractivity contribution < 1.29 is 14.1 Å². The fraction of sp³-hybridized carbons (Fsp3) is 0.0833. The normalized spacial score (nSPS) is 10.9. The molecule has 0 spiro atoms. The minimum Gasteiger partial charge on any atom is -0.333 e. The van der Waals surface area contributed by atoms with Crippen molar-refractivity contribution in [3.05, 3.63) is 83.4 Å². The molecule has 0 bridgehead atoms. The SMILES string of the molecule is CC(=O)Nc1ccc(NC(=O)Cn2nc3c(-c4nc(-c5ccccc5)no4)cccn3c2=O)cc1. The van der Waals surface area contributed by atoms with Crippen molar-refractivity contribution in [2.75, 3.05) is 10.6 Å². The Morgan fingerprint density at radius 2 is 1.66 bits per heavy atom. The van der Waals surface area contributed by atoms with Gasteiger partial charge in [-0.25, -0.2) is 13.9 Å². The molecular weight excluding hydrogens is 450 g/mol. The maximum Gasteiger partial charge on any atom is 0.350 e. The van der Waals surface area contributed by atoms with E-state index in [4.69, 9.17) is 4.52 Å². The van der Waals surface area contributed by atoms with Gasteiger partial charge in [0.1, 0.15) is 6.54 Å². The van der Waals surface area contributed by atoms with Gasteiger partial charge in [0.15, 0.2) is 5.65 Å². The molecule has 2 aromatic carbocycles. The molecule has 5 rings (SSSR count). The minimum absolute atomic E-state index is 0.191. The van der Waals surface area contributed by atoms with Crippen LogP contribution < -0.4 is 16.3 Å². The number of nitrogens with one attached hydrogen (secondary N) is 2. The quantitative estimate of drug-likeness (QED) is 0.390. The Morgan fingerprint density at radius 3 is 2.37 bits per heavy atom. The van der Waals surface area contributed by atoms with E-state index in [0.717, 1.165) is 10.2 Å². The summed E-state index contributed by atoms with van der Waals surface area (Å²) in [5.41, 5.74) is 2.18. The van der Waals surface area contributed by atoms with Crippen LogP contribution >= 0.6 is 0 Å². The highest BCUT2D eigenvalue weighted by atomic mass is 16.5. The molecule has 2 N–H and O–H groups in total. The molecule has 11 nitrogen and oxygen atoms in total. The van der Waals surface area contributed by atoms with Crippen molar-refractivity contribution in [1.29, 1.82) is 0 Å². The fourth-order valence-electron chi connectivity index (χ4n) is 3.52. The summed E-state index contributed by atoms with van der Waals surface area (Å²) in [6, 6.07) is 19.3. The summed E-state index contributed by atoms with van der Waals surface area (Å²) in [5.74, 6) is -0.0127. The molecule has 0 unspecified atom stereocenters. The number of benzene rings is 2. The number of fused-ring (bicyclic) bond motifs is 1. The van der Waals surface area contributed by atoms with E-state index in [1.165, 1.54) is 11.3 Å². The van der Waals surface area contributed by atoms with Crippen LogP contribution in [0, 0.1) is 0 Å². The van der Waals surface area contributed by atoms with Gasteiger partial charge in [-0.2, -0.15) is 4.98 Å². The van der Waals surface area contributed by atoms with Crippen LogP contribution in [0.25, 0.3) is 28.5 Å². The highest BCUT2D eigenvalue weighted by molar-refractivity contribution is 5.92. The molecule has 0 aliphatic heterocycles. The summed E-state index contributed by atoms with van der Waals surface area (Å²) in [4.78, 5) is 41.0. The van der Waals surface area contributed by atoms with Gasteiger partial charge in [-0.1, -0.05) is 35.5 Å². The molecule has 0 saturated carbocycles. The third kappa shape index (κ3) is 4.55. The first-order valence-electron chi connectivity index (χ1n) is 10.6. The first-order chi connectivity index (χ1) is 17.0. The number of nitrogens with zero attached hydrogens (tertiary/aromatic N) is 5. The number of hydrogen-bond acceptors (Lipinski definition) is 7. The van der Waals surface area contributed by atoms with Gasteiger partial charge >= 0.3 is 5.69 Å². The maximum atomic E-state index is 12.9. The Morgan fingerprint density at radius 1 is 0.943 bits per heavy atom. The van der Waals surface area contributed by atoms with Crippen LogP contribution in [0.1, 0.15) is 6.92 Å². The molecule has 0 aliphatic carbocycles. The smallest absolute Gasteiger partial charge is 0.333 e. The highest BCUT2D eigenvalue weighted by Gasteiger charge is 2.18. The predicted molar refractivity (Wildman–Crippen MR) is 128 cm³/mol. The largest absolute Gasteiger partial charge is 0.350 e. The number of carbonyl (C=O) groups is 2. The van der Waals surface area contributed by atoms with Gasteiger partial charge in [-0.3, -0.25) is 9.59 Å². The Labute approximate surface area is 198 Å². The van der Waals surface area contributed by atoms with Gasteiger partial charge < -0.3 is 15.2 Å². The molecule has 11 heteroatoms. The zero-order valence-electron chi connectivity index (χ0n) is 18.5. The average molecular weight is 469 g/mol. The molecule has 174 valence electrons. The Balaban J connectivity index is 1.38. The van der Waals surface area contributed by atoms with Gasteiger partial charge in [-0.05, 0) is 36.4 Å². The van der Waals surface area contributed by atoms with Crippen molar-refractivity contribution in [1.82, 2.24) is 24.3 Å². The zero-order valence-corrected chi connectivity index (χ0v) is 18.5. The zero-order chi connectivity index (χ0) is 24.4. The summed E-state index contributed by atoms with van der Waals surface area (Å²) in [7, 11) is 0. The molecule has 0 saturated heterocycles. The standard InChI is InChI=1S/C24H19N7O4/c1-15(32)25-17-9-11-18(12-10-17)26-20(33)14-31-24(34)30-13-5-8-19(22(30)28-31)23-27-21(29-35-23)16-6-3-2-4-7-16/h2-13H,14H2,1H3,(H,25,32)(H,26,33). The van der Waals surface area contributed by atoms with E-state index in [1.54, 1.807) is 42.6 Å². The molecule has 0 aliphatic rings. The van der Waals surface area contributed by atoms with E-state index in [-0.39, 0.29) is 24.0 Å². The topological polar surface area (TPSA) is 136 Å². The first-order valence-corrected chi connectivity index (χ1v) is 10.6. The van der Waals surface area contributed by atoms with E-state index >= 15 is 0 Å². The molecule has 35 heavy (non-hydrogen) atoms. The van der Waals surface area contributed by atoms with Crippen LogP contribution in [0.2, 0.25) is 0 Å². The lowest BCUT2D eigenvalue weighted by molar-refractivity contribution is -0.117. The second-order valence-corrected chi connectivity index (χ2v) is 7.65. The second-order valence-electron chi connectivity index (χ2n) is 7.65. The number of aromatic nitrogens is 5. The number of anilines is 2. The van der Waals surface area contributed by atoms with Crippen molar-refractivity contribution in [2.45, 2.75) is 13.5 Å². The highest BCUT2D eigenvalue weighted by Crippen LogP contribution is 2.24. The summed E-state index contributed by atoms with van der Waals surface area (Å²) < 4.78 is 7.81. The number of hydrogen-bond donors (Lipinski definition) is 2. The van der Waals surface area contributed by atoms with E-state index < -0.39 is 11.6 Å². The minimum atomic E-state index is -0.485. The molecule has 3 heterocycles. The first kappa shape index (κ1) is 21.8. The van der Waals surface area contributed by atoms with Crippen molar-refractivity contribution in [3.8, 4) is 22.8 Å². The number of amides is 2. The molecule has 0 fully saturated rings. The number of carbonyl (C=O) groups excluding carboxylic acids is 2. The van der Waals surface area contributed by atoms with E-state index in [1.807, 2.05) is 30.3 Å². The van der Waals surface area contributed by atoms with Crippen LogP contribution in [0.15, 0.2) is 82.2 Å². The maximum absolute atomic E-state index is 12.9. The van der Waals surface area contributed by atoms with Gasteiger partial charge in [0.05, 0.1) is 5.56 Å². The van der Waals surface area contributed by atoms with Crippen LogP contribution in [0.5, 0.6) is 0 Å². The molecule has 5 aromatic rings. The van der Waals surface area contributed by atoms with Crippen molar-refractivity contribution >= 4 is 28.8 Å². The lowest BCUT2D eigenvalue weighted by Gasteiger charge is -2.06. The molecular formula is C24H19N7O4. The average Bonchev–Trinajstić information content (AvgIpc) is 3.46. The molecule has 3 aromatic heterocycles. The van der Waals surface area contributed by atoms with E-state index in [9.17, 15) is 14.4 Å². The summed E-state index contributed by atoms with van der Waals surface area (Å²) >= 11 is 0. The third-order valence-electron chi connectivity index (χ3n) is 5.08. The van der Waals surface area contributed by atoms with Crippen LogP contribution in [-0.2, 0) is 16.1 Å². The van der Waals surface area contributed by atoms with Gasteiger partial charge in [0, 0.05) is 30.1 Å². The third-order valence-corrected chi connectivity index (χ3v) is 5.08. The Hall–Kier alpha value is -5.06.